The lowest BCUT2D eigenvalue weighted by atomic mass is 9.87. The number of likely N-dealkylation sites (tertiary alicyclic amines) is 2. The van der Waals surface area contributed by atoms with E-state index in [1.807, 2.05) is 23.1 Å². The topological polar surface area (TPSA) is 59.1 Å². The summed E-state index contributed by atoms with van der Waals surface area (Å²) in [6.07, 6.45) is 6.13. The molecule has 6 nitrogen and oxygen atoms in total. The van der Waals surface area contributed by atoms with Gasteiger partial charge in [-0.1, -0.05) is 42.5 Å². The van der Waals surface area contributed by atoms with E-state index in [-0.39, 0.29) is 23.3 Å². The second-order valence-electron chi connectivity index (χ2n) is 9.18. The molecule has 1 spiro atoms. The zero-order valence-corrected chi connectivity index (χ0v) is 19.0. The van der Waals surface area contributed by atoms with Crippen LogP contribution in [0.4, 0.5) is 0 Å². The molecule has 6 heteroatoms. The third-order valence-electron chi connectivity index (χ3n) is 7.05. The summed E-state index contributed by atoms with van der Waals surface area (Å²) in [4.78, 5) is 28.9. The molecule has 2 fully saturated rings. The van der Waals surface area contributed by atoms with Crippen LogP contribution >= 0.6 is 0 Å². The summed E-state index contributed by atoms with van der Waals surface area (Å²) in [7, 11) is 1.62. The van der Waals surface area contributed by atoms with E-state index in [2.05, 4.69) is 42.5 Å². The second kappa shape index (κ2) is 9.02. The molecule has 0 aromatic heterocycles. The lowest BCUT2D eigenvalue weighted by Crippen LogP contribution is -2.50. The molecule has 0 radical (unpaired) electrons. The molecule has 0 bridgehead atoms. The Kier molecular flexibility index (Phi) is 5.94. The van der Waals surface area contributed by atoms with Gasteiger partial charge in [-0.15, -0.1) is 0 Å². The van der Waals surface area contributed by atoms with Gasteiger partial charge in [0.1, 0.15) is 11.4 Å². The third kappa shape index (κ3) is 4.40. The molecule has 2 saturated heterocycles. The van der Waals surface area contributed by atoms with E-state index < -0.39 is 0 Å². The van der Waals surface area contributed by atoms with E-state index >= 15 is 0 Å². The van der Waals surface area contributed by atoms with Gasteiger partial charge in [-0.05, 0) is 29.3 Å². The standard InChI is InChI=1S/C27H30N2O4/c1-32-16-15-29-19-23(18-25(29)30)26(31)28-13-11-27(12-14-28)10-9-22-17-21(7-8-24(22)33-27)20-5-3-2-4-6-20/h2-10,17,23H,11-16,18-19H2,1H3. The van der Waals surface area contributed by atoms with Gasteiger partial charge < -0.3 is 19.3 Å². The molecule has 33 heavy (non-hydrogen) atoms. The van der Waals surface area contributed by atoms with E-state index in [9.17, 15) is 9.59 Å². The lowest BCUT2D eigenvalue weighted by Gasteiger charge is -2.42. The number of hydrogen-bond donors (Lipinski definition) is 0. The Morgan fingerprint density at radius 3 is 2.67 bits per heavy atom. The number of rotatable bonds is 5. The molecule has 3 aliphatic heterocycles. The van der Waals surface area contributed by atoms with Crippen LogP contribution < -0.4 is 4.74 Å². The Balaban J connectivity index is 1.21. The van der Waals surface area contributed by atoms with Crippen molar-refractivity contribution in [2.45, 2.75) is 24.9 Å². The summed E-state index contributed by atoms with van der Waals surface area (Å²) >= 11 is 0. The van der Waals surface area contributed by atoms with Crippen LogP contribution in [0.25, 0.3) is 17.2 Å². The Morgan fingerprint density at radius 2 is 1.91 bits per heavy atom. The second-order valence-corrected chi connectivity index (χ2v) is 9.18. The van der Waals surface area contributed by atoms with Crippen molar-refractivity contribution in [1.29, 1.82) is 0 Å². The maximum atomic E-state index is 13.1. The van der Waals surface area contributed by atoms with Gasteiger partial charge in [0, 0.05) is 58.1 Å². The van der Waals surface area contributed by atoms with Gasteiger partial charge >= 0.3 is 0 Å². The minimum atomic E-state index is -0.367. The summed E-state index contributed by atoms with van der Waals surface area (Å²) in [5.41, 5.74) is 3.08. The number of ether oxygens (including phenoxy) is 2. The molecule has 172 valence electrons. The smallest absolute Gasteiger partial charge is 0.227 e. The fourth-order valence-corrected chi connectivity index (χ4v) is 5.06. The van der Waals surface area contributed by atoms with E-state index in [1.54, 1.807) is 12.0 Å². The minimum absolute atomic E-state index is 0.0453. The van der Waals surface area contributed by atoms with Crippen LogP contribution in [-0.4, -0.2) is 67.1 Å². The molecular formula is C27H30N2O4. The number of piperidine rings is 1. The number of hydrogen-bond acceptors (Lipinski definition) is 4. The molecule has 0 N–H and O–H groups in total. The summed E-state index contributed by atoms with van der Waals surface area (Å²) in [6, 6.07) is 16.7. The molecule has 3 aliphatic rings. The zero-order valence-electron chi connectivity index (χ0n) is 19.0. The minimum Gasteiger partial charge on any atom is -0.482 e. The number of amides is 2. The maximum absolute atomic E-state index is 13.1. The molecule has 2 amide bonds. The van der Waals surface area contributed by atoms with Gasteiger partial charge in [-0.3, -0.25) is 9.59 Å². The fourth-order valence-electron chi connectivity index (χ4n) is 5.06. The Morgan fingerprint density at radius 1 is 1.12 bits per heavy atom. The van der Waals surface area contributed by atoms with Crippen molar-refractivity contribution in [3.8, 4) is 16.9 Å². The van der Waals surface area contributed by atoms with E-state index in [1.165, 1.54) is 11.1 Å². The number of carbonyl (C=O) groups is 2. The molecule has 2 aromatic carbocycles. The van der Waals surface area contributed by atoms with Crippen molar-refractivity contribution in [3.63, 3.8) is 0 Å². The predicted molar refractivity (Wildman–Crippen MR) is 127 cm³/mol. The molecule has 2 aromatic rings. The number of nitrogens with zero attached hydrogens (tertiary/aromatic N) is 2. The Bertz CT molecular complexity index is 1060. The highest BCUT2D eigenvalue weighted by Crippen LogP contribution is 2.39. The average molecular weight is 447 g/mol. The number of benzene rings is 2. The van der Waals surface area contributed by atoms with Crippen LogP contribution in [0.2, 0.25) is 0 Å². The largest absolute Gasteiger partial charge is 0.482 e. The number of fused-ring (bicyclic) bond motifs is 1. The third-order valence-corrected chi connectivity index (χ3v) is 7.05. The van der Waals surface area contributed by atoms with Crippen LogP contribution in [0, 0.1) is 5.92 Å². The van der Waals surface area contributed by atoms with Crippen LogP contribution in [-0.2, 0) is 14.3 Å². The highest BCUT2D eigenvalue weighted by Gasteiger charge is 2.41. The first-order chi connectivity index (χ1) is 16.1. The van der Waals surface area contributed by atoms with Gasteiger partial charge in [-0.2, -0.15) is 0 Å². The lowest BCUT2D eigenvalue weighted by molar-refractivity contribution is -0.138. The normalized spacial score (nSPS) is 21.2. The first-order valence-corrected chi connectivity index (χ1v) is 11.7. The molecule has 1 unspecified atom stereocenters. The van der Waals surface area contributed by atoms with Gasteiger partial charge in [0.25, 0.3) is 0 Å². The molecular weight excluding hydrogens is 416 g/mol. The average Bonchev–Trinajstić information content (AvgIpc) is 3.23. The SMILES string of the molecule is COCCN1CC(C(=O)N2CCC3(C=Cc4cc(-c5ccccc5)ccc4O3)CC2)CC1=O. The van der Waals surface area contributed by atoms with Gasteiger partial charge in [-0.25, -0.2) is 0 Å². The van der Waals surface area contributed by atoms with Gasteiger partial charge in [0.2, 0.25) is 11.8 Å². The van der Waals surface area contributed by atoms with Crippen molar-refractivity contribution in [2.24, 2.45) is 5.92 Å². The van der Waals surface area contributed by atoms with Crippen LogP contribution in [0.1, 0.15) is 24.8 Å². The molecule has 3 heterocycles. The van der Waals surface area contributed by atoms with Gasteiger partial charge in [0.05, 0.1) is 12.5 Å². The Labute approximate surface area is 194 Å². The van der Waals surface area contributed by atoms with Gasteiger partial charge in [0.15, 0.2) is 0 Å². The van der Waals surface area contributed by atoms with Crippen molar-refractivity contribution >= 4 is 17.9 Å². The highest BCUT2D eigenvalue weighted by molar-refractivity contribution is 5.89. The predicted octanol–water partition coefficient (Wildman–Crippen LogP) is 3.62. The first-order valence-electron chi connectivity index (χ1n) is 11.7. The summed E-state index contributed by atoms with van der Waals surface area (Å²) < 4.78 is 11.6. The zero-order chi connectivity index (χ0) is 22.8. The maximum Gasteiger partial charge on any atom is 0.227 e. The summed E-state index contributed by atoms with van der Waals surface area (Å²) in [5.74, 6) is 0.783. The summed E-state index contributed by atoms with van der Waals surface area (Å²) in [5, 5.41) is 0. The van der Waals surface area contributed by atoms with Crippen LogP contribution in [0.3, 0.4) is 0 Å². The molecule has 1 atom stereocenters. The number of carbonyl (C=O) groups excluding carboxylic acids is 2. The highest BCUT2D eigenvalue weighted by atomic mass is 16.5. The number of methoxy groups -OCH3 is 1. The Hall–Kier alpha value is -3.12. The fraction of sp³-hybridized carbons (Fsp3) is 0.407. The van der Waals surface area contributed by atoms with Crippen LogP contribution in [0.5, 0.6) is 5.75 Å². The van der Waals surface area contributed by atoms with E-state index in [4.69, 9.17) is 9.47 Å². The van der Waals surface area contributed by atoms with Crippen molar-refractivity contribution in [2.75, 3.05) is 39.9 Å². The molecule has 0 saturated carbocycles. The van der Waals surface area contributed by atoms with E-state index in [0.29, 0.717) is 39.2 Å². The molecule has 0 aliphatic carbocycles. The quantitative estimate of drug-likeness (QED) is 0.704. The van der Waals surface area contributed by atoms with Crippen molar-refractivity contribution < 1.29 is 19.1 Å². The molecule has 5 rings (SSSR count). The first kappa shape index (κ1) is 21.7. The monoisotopic (exact) mass is 446 g/mol. The van der Waals surface area contributed by atoms with Crippen molar-refractivity contribution in [3.05, 3.63) is 60.2 Å². The van der Waals surface area contributed by atoms with Crippen molar-refractivity contribution in [1.82, 2.24) is 9.80 Å². The van der Waals surface area contributed by atoms with Crippen LogP contribution in [0.15, 0.2) is 54.6 Å². The van der Waals surface area contributed by atoms with E-state index in [0.717, 1.165) is 24.2 Å². The summed E-state index contributed by atoms with van der Waals surface area (Å²) in [6.45, 7) is 2.83.